The third kappa shape index (κ3) is 5.05. The van der Waals surface area contributed by atoms with Gasteiger partial charge in [-0.15, -0.1) is 0 Å². The van der Waals surface area contributed by atoms with E-state index in [-0.39, 0.29) is 5.91 Å². The highest BCUT2D eigenvalue weighted by molar-refractivity contribution is 5.76. The molecule has 0 atom stereocenters. The second-order valence-corrected chi connectivity index (χ2v) is 6.70. The average Bonchev–Trinajstić information content (AvgIpc) is 2.87. The van der Waals surface area contributed by atoms with Gasteiger partial charge in [0.25, 0.3) is 0 Å². The van der Waals surface area contributed by atoms with Gasteiger partial charge in [-0.2, -0.15) is 0 Å². The Morgan fingerprint density at radius 1 is 1.24 bits per heavy atom. The minimum atomic E-state index is 0.0642. The van der Waals surface area contributed by atoms with Crippen LogP contribution in [0.25, 0.3) is 0 Å². The molecule has 25 heavy (non-hydrogen) atoms. The van der Waals surface area contributed by atoms with E-state index in [9.17, 15) is 4.79 Å². The number of nitrogens with one attached hydrogen (secondary N) is 1. The molecule has 2 aromatic heterocycles. The van der Waals surface area contributed by atoms with Crippen LogP contribution >= 0.6 is 0 Å². The fraction of sp³-hybridized carbons (Fsp3) is 0.526. The first-order chi connectivity index (χ1) is 12.2. The Labute approximate surface area is 149 Å². The zero-order chi connectivity index (χ0) is 17.5. The van der Waals surface area contributed by atoms with Gasteiger partial charge in [-0.3, -0.25) is 4.79 Å². The second kappa shape index (κ2) is 8.65. The van der Waals surface area contributed by atoms with E-state index in [1.165, 1.54) is 25.7 Å². The first-order valence-electron chi connectivity index (χ1n) is 9.14. The molecular weight excluding hydrogens is 314 g/mol. The lowest BCUT2D eigenvalue weighted by Gasteiger charge is -2.21. The first kappa shape index (κ1) is 17.5. The summed E-state index contributed by atoms with van der Waals surface area (Å²) in [7, 11) is 1.95. The van der Waals surface area contributed by atoms with Crippen LogP contribution in [0.1, 0.15) is 43.4 Å². The summed E-state index contributed by atoms with van der Waals surface area (Å²) in [6.07, 6.45) is 11.7. The van der Waals surface area contributed by atoms with Crippen molar-refractivity contribution in [3.63, 3.8) is 0 Å². The van der Waals surface area contributed by atoms with Crippen LogP contribution in [0.15, 0.2) is 30.9 Å². The molecule has 6 heteroatoms. The molecule has 2 aromatic rings. The Kier molecular flexibility index (Phi) is 6.04. The van der Waals surface area contributed by atoms with Gasteiger partial charge in [0.1, 0.15) is 5.82 Å². The molecule has 3 rings (SSSR count). The van der Waals surface area contributed by atoms with Crippen molar-refractivity contribution in [1.29, 1.82) is 0 Å². The zero-order valence-electron chi connectivity index (χ0n) is 14.9. The highest BCUT2D eigenvalue weighted by Crippen LogP contribution is 2.18. The summed E-state index contributed by atoms with van der Waals surface area (Å²) >= 11 is 0. The minimum Gasteiger partial charge on any atom is -0.357 e. The molecular formula is C19H27N5O. The number of aryl methyl sites for hydroxylation is 2. The van der Waals surface area contributed by atoms with E-state index in [4.69, 9.17) is 0 Å². The van der Waals surface area contributed by atoms with E-state index in [1.807, 2.05) is 30.1 Å². The van der Waals surface area contributed by atoms with Crippen LogP contribution in [-0.4, -0.2) is 33.5 Å². The maximum Gasteiger partial charge on any atom is 0.220 e. The summed E-state index contributed by atoms with van der Waals surface area (Å²) in [4.78, 5) is 23.0. The van der Waals surface area contributed by atoms with E-state index in [1.54, 1.807) is 6.33 Å². The topological polar surface area (TPSA) is 63.1 Å². The third-order valence-corrected chi connectivity index (χ3v) is 4.75. The summed E-state index contributed by atoms with van der Waals surface area (Å²) in [5.41, 5.74) is 2.17. The van der Waals surface area contributed by atoms with Gasteiger partial charge in [0.15, 0.2) is 0 Å². The summed E-state index contributed by atoms with van der Waals surface area (Å²) in [5.74, 6) is 1.10. The molecule has 0 radical (unpaired) electrons. The number of nitrogens with zero attached hydrogens (tertiary/aromatic N) is 4. The fourth-order valence-corrected chi connectivity index (χ4v) is 3.20. The summed E-state index contributed by atoms with van der Waals surface area (Å²) in [5, 5.41) is 3.01. The van der Waals surface area contributed by atoms with E-state index >= 15 is 0 Å². The normalized spacial score (nSPS) is 15.0. The minimum absolute atomic E-state index is 0.0642. The largest absolute Gasteiger partial charge is 0.357 e. The molecule has 134 valence electrons. The van der Waals surface area contributed by atoms with E-state index in [0.29, 0.717) is 19.4 Å². The maximum atomic E-state index is 12.1. The van der Waals surface area contributed by atoms with Crippen LogP contribution in [-0.2, 0) is 24.8 Å². The highest BCUT2D eigenvalue weighted by atomic mass is 16.1. The second-order valence-electron chi connectivity index (χ2n) is 6.70. The molecule has 1 aliphatic heterocycles. The van der Waals surface area contributed by atoms with Gasteiger partial charge >= 0.3 is 0 Å². The molecule has 3 heterocycles. The fourth-order valence-electron chi connectivity index (χ4n) is 3.20. The molecule has 0 aliphatic carbocycles. The molecule has 0 bridgehead atoms. The Morgan fingerprint density at radius 3 is 2.76 bits per heavy atom. The summed E-state index contributed by atoms with van der Waals surface area (Å²) in [6.45, 7) is 2.70. The lowest BCUT2D eigenvalue weighted by molar-refractivity contribution is -0.121. The monoisotopic (exact) mass is 341 g/mol. The van der Waals surface area contributed by atoms with Crippen LogP contribution in [0.2, 0.25) is 0 Å². The highest BCUT2D eigenvalue weighted by Gasteiger charge is 2.11. The Bertz CT molecular complexity index is 689. The number of hydrogen-bond acceptors (Lipinski definition) is 4. The number of carbonyl (C=O) groups is 1. The first-order valence-corrected chi connectivity index (χ1v) is 9.14. The quantitative estimate of drug-likeness (QED) is 0.877. The number of pyridine rings is 1. The predicted molar refractivity (Wildman–Crippen MR) is 98.3 cm³/mol. The molecule has 1 N–H and O–H groups in total. The van der Waals surface area contributed by atoms with Gasteiger partial charge in [0, 0.05) is 51.2 Å². The van der Waals surface area contributed by atoms with Gasteiger partial charge in [-0.05, 0) is 37.0 Å². The smallest absolute Gasteiger partial charge is 0.220 e. The van der Waals surface area contributed by atoms with Crippen molar-refractivity contribution in [2.75, 3.05) is 18.0 Å². The molecule has 1 fully saturated rings. The molecule has 0 saturated carbocycles. The Hall–Kier alpha value is -2.37. The lowest BCUT2D eigenvalue weighted by Crippen LogP contribution is -2.26. The van der Waals surface area contributed by atoms with Crippen molar-refractivity contribution >= 4 is 11.7 Å². The van der Waals surface area contributed by atoms with Gasteiger partial charge in [0.2, 0.25) is 5.91 Å². The Balaban J connectivity index is 1.50. The van der Waals surface area contributed by atoms with Crippen LogP contribution in [0.4, 0.5) is 5.82 Å². The summed E-state index contributed by atoms with van der Waals surface area (Å²) in [6, 6.07) is 4.08. The number of carbonyl (C=O) groups excluding carboxylic acids is 1. The SMILES string of the molecule is Cn1cncc1CCC(=O)NCc1ccnc(N2CCCCCC2)c1. The molecule has 0 unspecified atom stereocenters. The number of aromatic nitrogens is 3. The van der Waals surface area contributed by atoms with Crippen molar-refractivity contribution in [3.05, 3.63) is 42.1 Å². The number of hydrogen-bond donors (Lipinski definition) is 1. The van der Waals surface area contributed by atoms with E-state index in [0.717, 1.165) is 30.2 Å². The zero-order valence-corrected chi connectivity index (χ0v) is 14.9. The van der Waals surface area contributed by atoms with Crippen LogP contribution in [0, 0.1) is 0 Å². The predicted octanol–water partition coefficient (Wildman–Crippen LogP) is 2.44. The summed E-state index contributed by atoms with van der Waals surface area (Å²) < 4.78 is 1.95. The van der Waals surface area contributed by atoms with Gasteiger partial charge < -0.3 is 14.8 Å². The van der Waals surface area contributed by atoms with Gasteiger partial charge in [0.05, 0.1) is 6.33 Å². The van der Waals surface area contributed by atoms with Crippen molar-refractivity contribution in [2.24, 2.45) is 7.05 Å². The molecule has 1 aliphatic rings. The van der Waals surface area contributed by atoms with Crippen molar-refractivity contribution in [1.82, 2.24) is 19.9 Å². The molecule has 6 nitrogen and oxygen atoms in total. The van der Waals surface area contributed by atoms with E-state index < -0.39 is 0 Å². The van der Waals surface area contributed by atoms with Crippen molar-refractivity contribution in [3.8, 4) is 0 Å². The molecule has 1 amide bonds. The van der Waals surface area contributed by atoms with Crippen LogP contribution in [0.3, 0.4) is 0 Å². The van der Waals surface area contributed by atoms with Crippen LogP contribution < -0.4 is 10.2 Å². The van der Waals surface area contributed by atoms with Crippen molar-refractivity contribution < 1.29 is 4.79 Å². The Morgan fingerprint density at radius 2 is 2.04 bits per heavy atom. The number of anilines is 1. The number of imidazole rings is 1. The maximum absolute atomic E-state index is 12.1. The van der Waals surface area contributed by atoms with Crippen LogP contribution in [0.5, 0.6) is 0 Å². The van der Waals surface area contributed by atoms with Gasteiger partial charge in [-0.25, -0.2) is 9.97 Å². The standard InChI is InChI=1S/C19H27N5O/c1-23-15-20-14-17(23)6-7-19(25)22-13-16-8-9-21-18(12-16)24-10-4-2-3-5-11-24/h8-9,12,14-15H,2-7,10-11,13H2,1H3,(H,22,25). The molecule has 0 aromatic carbocycles. The number of rotatable bonds is 6. The molecule has 0 spiro atoms. The van der Waals surface area contributed by atoms with Crippen molar-refractivity contribution in [2.45, 2.75) is 45.1 Å². The molecule has 1 saturated heterocycles. The lowest BCUT2D eigenvalue weighted by atomic mass is 10.2. The average molecular weight is 341 g/mol. The van der Waals surface area contributed by atoms with E-state index in [2.05, 4.69) is 26.3 Å². The van der Waals surface area contributed by atoms with Gasteiger partial charge in [-0.1, -0.05) is 12.8 Å². The number of amides is 1. The third-order valence-electron chi connectivity index (χ3n) is 4.75.